The average molecular weight is 418 g/mol. The molecule has 0 aliphatic carbocycles. The number of nitrogens with zero attached hydrogens (tertiary/aromatic N) is 3. The van der Waals surface area contributed by atoms with E-state index in [2.05, 4.69) is 21.2 Å². The lowest BCUT2D eigenvalue weighted by molar-refractivity contribution is 0.0139. The summed E-state index contributed by atoms with van der Waals surface area (Å²) in [5, 5.41) is 23.1. The van der Waals surface area contributed by atoms with Gasteiger partial charge in [-0.3, -0.25) is 4.90 Å². The molecule has 0 unspecified atom stereocenters. The summed E-state index contributed by atoms with van der Waals surface area (Å²) in [4.78, 5) is 18.6. The SMILES string of the molecule is Cc1c(CN2CCN(C(=O)OC(C)(C)C)CC2)cc(N2CCNCC2)cc1B(O)O. The largest absolute Gasteiger partial charge is 0.488 e. The fourth-order valence-corrected chi connectivity index (χ4v) is 3.98. The van der Waals surface area contributed by atoms with Gasteiger partial charge in [0.05, 0.1) is 0 Å². The van der Waals surface area contributed by atoms with E-state index in [9.17, 15) is 14.8 Å². The molecule has 2 fully saturated rings. The van der Waals surface area contributed by atoms with E-state index < -0.39 is 12.7 Å². The van der Waals surface area contributed by atoms with E-state index in [0.29, 0.717) is 25.1 Å². The summed E-state index contributed by atoms with van der Waals surface area (Å²) in [6, 6.07) is 4.07. The summed E-state index contributed by atoms with van der Waals surface area (Å²) in [6.45, 7) is 14.7. The normalized spacial score (nSPS) is 18.5. The second-order valence-electron chi connectivity index (χ2n) is 9.17. The van der Waals surface area contributed by atoms with Crippen molar-refractivity contribution >= 4 is 24.4 Å². The van der Waals surface area contributed by atoms with Gasteiger partial charge in [0.25, 0.3) is 0 Å². The summed E-state index contributed by atoms with van der Waals surface area (Å²) >= 11 is 0. The van der Waals surface area contributed by atoms with Gasteiger partial charge in [-0.2, -0.15) is 0 Å². The molecule has 2 aliphatic heterocycles. The Morgan fingerprint density at radius 1 is 1.10 bits per heavy atom. The predicted octanol–water partition coefficient (Wildman–Crippen LogP) is 0.137. The van der Waals surface area contributed by atoms with Crippen LogP contribution in [-0.2, 0) is 11.3 Å². The lowest BCUT2D eigenvalue weighted by Gasteiger charge is -2.36. The number of carbonyl (C=O) groups is 1. The van der Waals surface area contributed by atoms with Gasteiger partial charge in [-0.15, -0.1) is 0 Å². The zero-order valence-corrected chi connectivity index (χ0v) is 18.6. The van der Waals surface area contributed by atoms with Gasteiger partial charge in [0, 0.05) is 64.6 Å². The second-order valence-corrected chi connectivity index (χ2v) is 9.17. The third-order valence-electron chi connectivity index (χ3n) is 5.72. The second kappa shape index (κ2) is 9.55. The molecule has 2 heterocycles. The maximum Gasteiger partial charge on any atom is 0.488 e. The number of benzene rings is 1. The van der Waals surface area contributed by atoms with Gasteiger partial charge in [-0.1, -0.05) is 0 Å². The van der Waals surface area contributed by atoms with E-state index in [1.165, 1.54) is 0 Å². The predicted molar refractivity (Wildman–Crippen MR) is 119 cm³/mol. The van der Waals surface area contributed by atoms with Gasteiger partial charge >= 0.3 is 13.2 Å². The van der Waals surface area contributed by atoms with Crippen LogP contribution in [0.25, 0.3) is 0 Å². The maximum atomic E-state index is 12.3. The van der Waals surface area contributed by atoms with Crippen LogP contribution in [0, 0.1) is 6.92 Å². The van der Waals surface area contributed by atoms with Crippen LogP contribution < -0.4 is 15.7 Å². The third-order valence-corrected chi connectivity index (χ3v) is 5.72. The molecule has 166 valence electrons. The zero-order valence-electron chi connectivity index (χ0n) is 18.6. The summed E-state index contributed by atoms with van der Waals surface area (Å²) in [7, 11) is -1.49. The topological polar surface area (TPSA) is 88.5 Å². The molecule has 1 aromatic rings. The van der Waals surface area contributed by atoms with E-state index in [0.717, 1.165) is 56.1 Å². The molecule has 2 saturated heterocycles. The van der Waals surface area contributed by atoms with Crippen molar-refractivity contribution in [2.24, 2.45) is 0 Å². The van der Waals surface area contributed by atoms with Gasteiger partial charge < -0.3 is 29.9 Å². The van der Waals surface area contributed by atoms with Gasteiger partial charge in [0.15, 0.2) is 0 Å². The van der Waals surface area contributed by atoms with E-state index in [1.54, 1.807) is 4.90 Å². The highest BCUT2D eigenvalue weighted by Gasteiger charge is 2.27. The lowest BCUT2D eigenvalue weighted by Crippen LogP contribution is -2.49. The minimum atomic E-state index is -1.49. The van der Waals surface area contributed by atoms with Crippen molar-refractivity contribution in [3.63, 3.8) is 0 Å². The van der Waals surface area contributed by atoms with Gasteiger partial charge in [0.1, 0.15) is 5.60 Å². The number of hydrogen-bond acceptors (Lipinski definition) is 7. The third kappa shape index (κ3) is 5.88. The molecule has 0 bridgehead atoms. The molecule has 30 heavy (non-hydrogen) atoms. The van der Waals surface area contributed by atoms with Crippen molar-refractivity contribution in [1.29, 1.82) is 0 Å². The average Bonchev–Trinajstić information content (AvgIpc) is 2.69. The summed E-state index contributed by atoms with van der Waals surface area (Å²) < 4.78 is 5.48. The number of amides is 1. The molecule has 9 heteroatoms. The van der Waals surface area contributed by atoms with E-state index in [-0.39, 0.29) is 6.09 Å². The first-order chi connectivity index (χ1) is 14.1. The molecule has 1 aromatic carbocycles. The Kier molecular flexibility index (Phi) is 7.28. The van der Waals surface area contributed by atoms with E-state index in [1.807, 2.05) is 33.8 Å². The first-order valence-corrected chi connectivity index (χ1v) is 10.8. The van der Waals surface area contributed by atoms with Crippen molar-refractivity contribution in [2.75, 3.05) is 57.3 Å². The summed E-state index contributed by atoms with van der Waals surface area (Å²) in [5.41, 5.74) is 3.12. The Morgan fingerprint density at radius 2 is 1.73 bits per heavy atom. The fourth-order valence-electron chi connectivity index (χ4n) is 3.98. The van der Waals surface area contributed by atoms with Crippen molar-refractivity contribution in [3.8, 4) is 0 Å². The number of carbonyl (C=O) groups excluding carboxylic acids is 1. The van der Waals surface area contributed by atoms with Crippen LogP contribution in [-0.4, -0.2) is 91.0 Å². The quantitative estimate of drug-likeness (QED) is 0.600. The van der Waals surface area contributed by atoms with Crippen LogP contribution in [0.2, 0.25) is 0 Å². The molecule has 0 aromatic heterocycles. The molecular formula is C21H35BN4O4. The Morgan fingerprint density at radius 3 is 2.30 bits per heavy atom. The fraction of sp³-hybridized carbons (Fsp3) is 0.667. The van der Waals surface area contributed by atoms with Crippen molar-refractivity contribution in [3.05, 3.63) is 23.3 Å². The summed E-state index contributed by atoms with van der Waals surface area (Å²) in [5.74, 6) is 0. The Bertz CT molecular complexity index is 739. The van der Waals surface area contributed by atoms with E-state index >= 15 is 0 Å². The molecule has 3 rings (SSSR count). The van der Waals surface area contributed by atoms with Gasteiger partial charge in [-0.05, 0) is 56.4 Å². The highest BCUT2D eigenvalue weighted by molar-refractivity contribution is 6.59. The Labute approximate surface area is 179 Å². The Balaban J connectivity index is 1.69. The van der Waals surface area contributed by atoms with Crippen molar-refractivity contribution < 1.29 is 19.6 Å². The molecular weight excluding hydrogens is 383 g/mol. The minimum Gasteiger partial charge on any atom is -0.444 e. The number of nitrogens with one attached hydrogen (secondary N) is 1. The molecule has 0 spiro atoms. The van der Waals surface area contributed by atoms with Crippen LogP contribution in [0.3, 0.4) is 0 Å². The lowest BCUT2D eigenvalue weighted by atomic mass is 9.75. The highest BCUT2D eigenvalue weighted by atomic mass is 16.6. The van der Waals surface area contributed by atoms with Crippen molar-refractivity contribution in [1.82, 2.24) is 15.1 Å². The Hall–Kier alpha value is -1.81. The molecule has 3 N–H and O–H groups in total. The van der Waals surface area contributed by atoms with Gasteiger partial charge in [0.2, 0.25) is 0 Å². The van der Waals surface area contributed by atoms with Crippen LogP contribution in [0.5, 0.6) is 0 Å². The van der Waals surface area contributed by atoms with Gasteiger partial charge in [-0.25, -0.2) is 4.79 Å². The van der Waals surface area contributed by atoms with Crippen LogP contribution in [0.15, 0.2) is 12.1 Å². The van der Waals surface area contributed by atoms with Crippen LogP contribution >= 0.6 is 0 Å². The molecule has 0 radical (unpaired) electrons. The standard InChI is InChI=1S/C21H35BN4O4/c1-16-17(13-18(14-19(16)22(28)29)25-7-5-23-6-8-25)15-24-9-11-26(12-10-24)20(27)30-21(2,3)4/h13-14,23,28-29H,5-12,15H2,1-4H3. The monoisotopic (exact) mass is 418 g/mol. The zero-order chi connectivity index (χ0) is 21.9. The number of hydrogen-bond donors (Lipinski definition) is 3. The van der Waals surface area contributed by atoms with Crippen LogP contribution in [0.1, 0.15) is 31.9 Å². The molecule has 0 atom stereocenters. The van der Waals surface area contributed by atoms with Crippen molar-refractivity contribution in [2.45, 2.75) is 39.8 Å². The molecule has 8 nitrogen and oxygen atoms in total. The highest BCUT2D eigenvalue weighted by Crippen LogP contribution is 2.21. The molecule has 1 amide bonds. The first kappa shape index (κ1) is 22.9. The first-order valence-electron chi connectivity index (χ1n) is 10.8. The maximum absolute atomic E-state index is 12.3. The summed E-state index contributed by atoms with van der Waals surface area (Å²) in [6.07, 6.45) is -0.260. The number of anilines is 1. The smallest absolute Gasteiger partial charge is 0.444 e. The van der Waals surface area contributed by atoms with E-state index in [4.69, 9.17) is 4.74 Å². The number of ether oxygens (including phenoxy) is 1. The molecule has 0 saturated carbocycles. The number of rotatable bonds is 4. The minimum absolute atomic E-state index is 0.260. The number of piperazine rings is 2. The van der Waals surface area contributed by atoms with Crippen LogP contribution in [0.4, 0.5) is 10.5 Å². The molecule has 2 aliphatic rings.